The molecule has 9 heteroatoms. The highest BCUT2D eigenvalue weighted by Gasteiger charge is 2.14. The highest BCUT2D eigenvalue weighted by atomic mass is 32.2. The van der Waals surface area contributed by atoms with Gasteiger partial charge in [-0.1, -0.05) is 60.3 Å². The van der Waals surface area contributed by atoms with E-state index in [2.05, 4.69) is 45.6 Å². The molecule has 8 nitrogen and oxygen atoms in total. The number of nitrogens with one attached hydrogen (secondary N) is 2. The van der Waals surface area contributed by atoms with Crippen molar-refractivity contribution in [3.8, 4) is 0 Å². The van der Waals surface area contributed by atoms with Crippen LogP contribution in [0.4, 0.5) is 4.79 Å². The van der Waals surface area contributed by atoms with Crippen LogP contribution in [0.1, 0.15) is 11.4 Å². The summed E-state index contributed by atoms with van der Waals surface area (Å²) in [5.74, 6) is 6.22. The van der Waals surface area contributed by atoms with Crippen LogP contribution in [0, 0.1) is 0 Å². The summed E-state index contributed by atoms with van der Waals surface area (Å²) in [6, 6.07) is 13.6. The third kappa shape index (κ3) is 4.68. The number of amides is 3. The molecule has 0 aliphatic rings. The quantitative estimate of drug-likeness (QED) is 0.319. The van der Waals surface area contributed by atoms with Crippen LogP contribution in [-0.4, -0.2) is 39.1 Å². The van der Waals surface area contributed by atoms with Crippen molar-refractivity contribution in [1.29, 1.82) is 0 Å². The van der Waals surface area contributed by atoms with E-state index in [1.165, 1.54) is 10.8 Å². The van der Waals surface area contributed by atoms with Gasteiger partial charge in [-0.25, -0.2) is 9.47 Å². The van der Waals surface area contributed by atoms with Crippen LogP contribution in [0.3, 0.4) is 0 Å². The van der Waals surface area contributed by atoms with Gasteiger partial charge in [0.05, 0.1) is 5.75 Å². The summed E-state index contributed by atoms with van der Waals surface area (Å²) in [6.07, 6.45) is 2.04. The Balaban J connectivity index is 1.63. The van der Waals surface area contributed by atoms with Gasteiger partial charge in [0.1, 0.15) is 0 Å². The third-order valence-corrected chi connectivity index (χ3v) is 4.90. The number of nitrogens with two attached hydrogens (primary N) is 1. The molecule has 3 amide bonds. The van der Waals surface area contributed by atoms with Crippen LogP contribution in [0.2, 0.25) is 0 Å². The minimum Gasteiger partial charge on any atom is -0.336 e. The fourth-order valence-corrected chi connectivity index (χ4v) is 3.32. The minimum atomic E-state index is -0.573. The van der Waals surface area contributed by atoms with E-state index >= 15 is 0 Å². The molecule has 3 rings (SSSR count). The Labute approximate surface area is 166 Å². The monoisotopic (exact) mass is 396 g/mol. The van der Waals surface area contributed by atoms with E-state index < -0.39 is 11.9 Å². The number of urea groups is 1. The number of nitrogen functional groups attached to an aromatic ring is 1. The van der Waals surface area contributed by atoms with Crippen molar-refractivity contribution >= 4 is 34.5 Å². The Morgan fingerprint density at radius 2 is 1.96 bits per heavy atom. The SMILES string of the molecule is C=CCNC(=O)NC(=O)CSc1nnc(Cc2cccc3ccccc23)n1N. The number of benzene rings is 2. The molecule has 0 aliphatic heterocycles. The van der Waals surface area contributed by atoms with Gasteiger partial charge in [0.2, 0.25) is 11.1 Å². The molecule has 3 aromatic rings. The molecule has 0 bridgehead atoms. The van der Waals surface area contributed by atoms with Crippen LogP contribution in [-0.2, 0) is 11.2 Å². The maximum absolute atomic E-state index is 11.8. The van der Waals surface area contributed by atoms with E-state index in [-0.39, 0.29) is 12.3 Å². The molecule has 1 heterocycles. The van der Waals surface area contributed by atoms with Crippen LogP contribution in [0.25, 0.3) is 10.8 Å². The largest absolute Gasteiger partial charge is 0.336 e. The molecule has 2 aromatic carbocycles. The normalized spacial score (nSPS) is 10.6. The van der Waals surface area contributed by atoms with Crippen LogP contribution >= 0.6 is 11.8 Å². The highest BCUT2D eigenvalue weighted by molar-refractivity contribution is 7.99. The average Bonchev–Trinajstić information content (AvgIpc) is 3.04. The number of hydrogen-bond donors (Lipinski definition) is 3. The topological polar surface area (TPSA) is 115 Å². The van der Waals surface area contributed by atoms with Crippen molar-refractivity contribution in [2.45, 2.75) is 11.6 Å². The fraction of sp³-hybridized carbons (Fsp3) is 0.158. The van der Waals surface area contributed by atoms with Crippen LogP contribution in [0.15, 0.2) is 60.3 Å². The Bertz CT molecular complexity index is 1010. The van der Waals surface area contributed by atoms with Crippen LogP contribution in [0.5, 0.6) is 0 Å². The predicted octanol–water partition coefficient (Wildman–Crippen LogP) is 1.84. The number of rotatable bonds is 7. The van der Waals surface area contributed by atoms with E-state index in [1.54, 1.807) is 0 Å². The average molecular weight is 396 g/mol. The van der Waals surface area contributed by atoms with Gasteiger partial charge < -0.3 is 11.2 Å². The zero-order valence-corrected chi connectivity index (χ0v) is 15.9. The molecule has 4 N–H and O–H groups in total. The number of hydrogen-bond acceptors (Lipinski definition) is 6. The van der Waals surface area contributed by atoms with Crippen molar-refractivity contribution in [3.05, 3.63) is 66.5 Å². The van der Waals surface area contributed by atoms with Gasteiger partial charge in [-0.15, -0.1) is 16.8 Å². The Morgan fingerprint density at radius 3 is 2.79 bits per heavy atom. The summed E-state index contributed by atoms with van der Waals surface area (Å²) in [4.78, 5) is 23.3. The van der Waals surface area contributed by atoms with Crippen LogP contribution < -0.4 is 16.5 Å². The van der Waals surface area contributed by atoms with E-state index in [1.807, 2.05) is 24.3 Å². The number of aromatic nitrogens is 3. The van der Waals surface area contributed by atoms with E-state index in [0.717, 1.165) is 28.1 Å². The first-order valence-electron chi connectivity index (χ1n) is 8.56. The molecule has 0 radical (unpaired) electrons. The summed E-state index contributed by atoms with van der Waals surface area (Å²) in [5.41, 5.74) is 1.09. The third-order valence-electron chi connectivity index (χ3n) is 3.96. The molecule has 1 aromatic heterocycles. The predicted molar refractivity (Wildman–Crippen MR) is 109 cm³/mol. The second-order valence-corrected chi connectivity index (χ2v) is 6.86. The summed E-state index contributed by atoms with van der Waals surface area (Å²) < 4.78 is 1.37. The zero-order chi connectivity index (χ0) is 19.9. The molecule has 0 aliphatic carbocycles. The molecule has 0 saturated heterocycles. The lowest BCUT2D eigenvalue weighted by molar-refractivity contribution is -0.117. The second kappa shape index (κ2) is 9.05. The molecule has 0 atom stereocenters. The number of carbonyl (C=O) groups is 2. The smallest absolute Gasteiger partial charge is 0.321 e. The molecule has 0 spiro atoms. The minimum absolute atomic E-state index is 0.00882. The molecule has 0 unspecified atom stereocenters. The Hall–Kier alpha value is -3.33. The summed E-state index contributed by atoms with van der Waals surface area (Å²) in [5, 5.41) is 15.5. The molecule has 28 heavy (non-hydrogen) atoms. The summed E-state index contributed by atoms with van der Waals surface area (Å²) >= 11 is 1.11. The maximum atomic E-state index is 11.8. The molecular weight excluding hydrogens is 376 g/mol. The van der Waals surface area contributed by atoms with Gasteiger partial charge in [-0.2, -0.15) is 0 Å². The van der Waals surface area contributed by atoms with E-state index in [9.17, 15) is 9.59 Å². The number of carbonyl (C=O) groups excluding carboxylic acids is 2. The molecule has 0 fully saturated rings. The number of fused-ring (bicyclic) bond motifs is 1. The van der Waals surface area contributed by atoms with Gasteiger partial charge in [0.25, 0.3) is 0 Å². The van der Waals surface area contributed by atoms with Gasteiger partial charge in [-0.3, -0.25) is 10.1 Å². The van der Waals surface area contributed by atoms with Gasteiger partial charge in [0.15, 0.2) is 5.82 Å². The Kier molecular flexibility index (Phi) is 6.28. The van der Waals surface area contributed by atoms with Gasteiger partial charge >= 0.3 is 6.03 Å². The lowest BCUT2D eigenvalue weighted by atomic mass is 10.0. The number of thioether (sulfide) groups is 1. The highest BCUT2D eigenvalue weighted by Crippen LogP contribution is 2.22. The molecule has 144 valence electrons. The second-order valence-electron chi connectivity index (χ2n) is 5.92. The summed E-state index contributed by atoms with van der Waals surface area (Å²) in [7, 11) is 0. The fourth-order valence-electron chi connectivity index (χ4n) is 2.65. The first-order valence-corrected chi connectivity index (χ1v) is 9.54. The maximum Gasteiger partial charge on any atom is 0.321 e. The lowest BCUT2D eigenvalue weighted by Crippen LogP contribution is -2.40. The lowest BCUT2D eigenvalue weighted by Gasteiger charge is -2.07. The molecular formula is C19H20N6O2S. The molecule has 0 saturated carbocycles. The van der Waals surface area contributed by atoms with Crippen molar-refractivity contribution in [2.75, 3.05) is 18.1 Å². The van der Waals surface area contributed by atoms with Crippen molar-refractivity contribution < 1.29 is 9.59 Å². The number of nitrogens with zero attached hydrogens (tertiary/aromatic N) is 3. The summed E-state index contributed by atoms with van der Waals surface area (Å²) in [6.45, 7) is 3.76. The zero-order valence-electron chi connectivity index (χ0n) is 15.1. The van der Waals surface area contributed by atoms with Crippen molar-refractivity contribution in [2.24, 2.45) is 0 Å². The number of imide groups is 1. The Morgan fingerprint density at radius 1 is 1.18 bits per heavy atom. The standard InChI is InChI=1S/C19H20N6O2S/c1-2-10-21-18(27)22-17(26)12-28-19-24-23-16(25(19)20)11-14-8-5-7-13-6-3-4-9-15(13)14/h2-9H,1,10-12,20H2,(H2,21,22,26,27). The van der Waals surface area contributed by atoms with E-state index in [0.29, 0.717) is 17.4 Å². The van der Waals surface area contributed by atoms with E-state index in [4.69, 9.17) is 5.84 Å². The van der Waals surface area contributed by atoms with Crippen molar-refractivity contribution in [1.82, 2.24) is 25.5 Å². The first-order chi connectivity index (χ1) is 13.6. The first kappa shape index (κ1) is 19.4. The van der Waals surface area contributed by atoms with Gasteiger partial charge in [-0.05, 0) is 16.3 Å². The van der Waals surface area contributed by atoms with Gasteiger partial charge in [0, 0.05) is 13.0 Å². The van der Waals surface area contributed by atoms with Crippen molar-refractivity contribution in [3.63, 3.8) is 0 Å².